The van der Waals surface area contributed by atoms with E-state index in [4.69, 9.17) is 4.74 Å². The number of hydrogen-bond donors (Lipinski definition) is 1. The SMILES string of the molecule is CCOC(=O)c1c(N/C=C(/C#N)c2nc(-c3ccc(C)cc3)cs2)sc(C(C)=O)c1C. The van der Waals surface area contributed by atoms with Gasteiger partial charge in [0.25, 0.3) is 0 Å². The number of nitriles is 1. The number of nitrogens with one attached hydrogen (secondary N) is 1. The number of thiophene rings is 1. The molecule has 0 aliphatic rings. The van der Waals surface area contributed by atoms with Crippen LogP contribution >= 0.6 is 22.7 Å². The predicted octanol–water partition coefficient (Wildman–Crippen LogP) is 5.84. The van der Waals surface area contributed by atoms with Crippen molar-refractivity contribution in [3.05, 3.63) is 62.4 Å². The topological polar surface area (TPSA) is 92.1 Å². The zero-order chi connectivity index (χ0) is 22.5. The molecule has 0 saturated heterocycles. The highest BCUT2D eigenvalue weighted by Crippen LogP contribution is 2.35. The van der Waals surface area contributed by atoms with Gasteiger partial charge in [-0.05, 0) is 33.3 Å². The molecule has 2 heterocycles. The van der Waals surface area contributed by atoms with Crippen LogP contribution in [-0.4, -0.2) is 23.3 Å². The fourth-order valence-corrected chi connectivity index (χ4v) is 4.79. The van der Waals surface area contributed by atoms with Gasteiger partial charge < -0.3 is 10.1 Å². The molecule has 0 saturated carbocycles. The lowest BCUT2D eigenvalue weighted by Crippen LogP contribution is -2.08. The summed E-state index contributed by atoms with van der Waals surface area (Å²) in [6.45, 7) is 7.14. The second-order valence-corrected chi connectivity index (χ2v) is 8.63. The third-order valence-electron chi connectivity index (χ3n) is 4.50. The first-order valence-corrected chi connectivity index (χ1v) is 11.3. The summed E-state index contributed by atoms with van der Waals surface area (Å²) in [6, 6.07) is 10.2. The van der Waals surface area contributed by atoms with Gasteiger partial charge in [-0.3, -0.25) is 4.79 Å². The van der Waals surface area contributed by atoms with E-state index >= 15 is 0 Å². The lowest BCUT2D eigenvalue weighted by Gasteiger charge is -2.05. The summed E-state index contributed by atoms with van der Waals surface area (Å²) in [5.41, 5.74) is 4.14. The number of ketones is 1. The number of carbonyl (C=O) groups is 2. The number of carbonyl (C=O) groups excluding carboxylic acids is 2. The van der Waals surface area contributed by atoms with Crippen LogP contribution in [0.3, 0.4) is 0 Å². The van der Waals surface area contributed by atoms with Crippen molar-refractivity contribution in [2.24, 2.45) is 0 Å². The van der Waals surface area contributed by atoms with Crippen molar-refractivity contribution < 1.29 is 14.3 Å². The summed E-state index contributed by atoms with van der Waals surface area (Å²) in [7, 11) is 0. The van der Waals surface area contributed by atoms with Gasteiger partial charge in [0.15, 0.2) is 5.78 Å². The van der Waals surface area contributed by atoms with E-state index in [0.717, 1.165) is 16.8 Å². The Morgan fingerprint density at radius 2 is 1.97 bits per heavy atom. The van der Waals surface area contributed by atoms with Crippen LogP contribution in [0.25, 0.3) is 16.8 Å². The number of rotatable bonds is 7. The highest BCUT2D eigenvalue weighted by molar-refractivity contribution is 7.18. The van der Waals surface area contributed by atoms with Crippen LogP contribution in [0.15, 0.2) is 35.8 Å². The second kappa shape index (κ2) is 9.69. The van der Waals surface area contributed by atoms with Crippen LogP contribution in [0, 0.1) is 25.2 Å². The molecule has 0 aliphatic heterocycles. The van der Waals surface area contributed by atoms with Crippen LogP contribution in [0.4, 0.5) is 5.00 Å². The number of thiazole rings is 1. The van der Waals surface area contributed by atoms with E-state index in [0.29, 0.717) is 31.6 Å². The molecule has 0 spiro atoms. The van der Waals surface area contributed by atoms with Gasteiger partial charge in [-0.1, -0.05) is 29.8 Å². The third-order valence-corrected chi connectivity index (χ3v) is 6.70. The van der Waals surface area contributed by atoms with Gasteiger partial charge in [-0.25, -0.2) is 9.78 Å². The smallest absolute Gasteiger partial charge is 0.341 e. The number of nitrogens with zero attached hydrogens (tertiary/aromatic N) is 2. The number of allylic oxidation sites excluding steroid dienone is 1. The Morgan fingerprint density at radius 3 is 2.58 bits per heavy atom. The van der Waals surface area contributed by atoms with Crippen LogP contribution in [-0.2, 0) is 4.74 Å². The van der Waals surface area contributed by atoms with Crippen molar-refractivity contribution in [2.45, 2.75) is 27.7 Å². The minimum Gasteiger partial charge on any atom is -0.462 e. The third kappa shape index (κ3) is 4.90. The number of anilines is 1. The first kappa shape index (κ1) is 22.4. The number of ether oxygens (including phenoxy) is 1. The standard InChI is InChI=1S/C23H21N3O3S2/c1-5-29-23(28)19-14(3)20(15(4)27)31-22(19)25-11-17(10-24)21-26-18(12-30-21)16-8-6-13(2)7-9-16/h6-9,11-12,25H,5H2,1-4H3/b17-11-. The first-order chi connectivity index (χ1) is 14.8. The molecule has 3 rings (SSSR count). The van der Waals surface area contributed by atoms with Crippen molar-refractivity contribution in [3.63, 3.8) is 0 Å². The maximum atomic E-state index is 12.4. The van der Waals surface area contributed by atoms with Crippen LogP contribution in [0.5, 0.6) is 0 Å². The van der Waals surface area contributed by atoms with E-state index in [9.17, 15) is 14.9 Å². The fourth-order valence-electron chi connectivity index (χ4n) is 2.93. The highest BCUT2D eigenvalue weighted by Gasteiger charge is 2.24. The minimum absolute atomic E-state index is 0.131. The van der Waals surface area contributed by atoms with Gasteiger partial charge in [-0.2, -0.15) is 5.26 Å². The van der Waals surface area contributed by atoms with E-state index in [1.54, 1.807) is 13.8 Å². The number of Topliss-reactive ketones (excluding diaryl/α,β-unsaturated/α-hetero) is 1. The van der Waals surface area contributed by atoms with Crippen molar-refractivity contribution in [1.29, 1.82) is 5.26 Å². The largest absolute Gasteiger partial charge is 0.462 e. The molecular formula is C23H21N3O3S2. The Balaban J connectivity index is 1.92. The maximum Gasteiger partial charge on any atom is 0.341 e. The Morgan fingerprint density at radius 1 is 1.26 bits per heavy atom. The molecule has 158 valence electrons. The van der Waals surface area contributed by atoms with Gasteiger partial charge in [0, 0.05) is 17.1 Å². The molecule has 2 aromatic heterocycles. The predicted molar refractivity (Wildman–Crippen MR) is 125 cm³/mol. The monoisotopic (exact) mass is 451 g/mol. The summed E-state index contributed by atoms with van der Waals surface area (Å²) >= 11 is 2.53. The van der Waals surface area contributed by atoms with Crippen molar-refractivity contribution >= 4 is 45.0 Å². The average Bonchev–Trinajstić information content (AvgIpc) is 3.34. The van der Waals surface area contributed by atoms with Gasteiger partial charge in [0.2, 0.25) is 0 Å². The normalized spacial score (nSPS) is 11.1. The molecule has 31 heavy (non-hydrogen) atoms. The molecule has 0 unspecified atom stereocenters. The Kier molecular flexibility index (Phi) is 7.00. The van der Waals surface area contributed by atoms with E-state index in [1.807, 2.05) is 36.6 Å². The van der Waals surface area contributed by atoms with Gasteiger partial charge in [0.1, 0.15) is 21.7 Å². The molecule has 0 atom stereocenters. The highest BCUT2D eigenvalue weighted by atomic mass is 32.1. The molecule has 1 N–H and O–H groups in total. The molecule has 0 fully saturated rings. The van der Waals surface area contributed by atoms with E-state index in [-0.39, 0.29) is 12.4 Å². The fraction of sp³-hybridized carbons (Fsp3) is 0.217. The van der Waals surface area contributed by atoms with Crippen molar-refractivity contribution in [1.82, 2.24) is 4.98 Å². The summed E-state index contributed by atoms with van der Waals surface area (Å²) in [4.78, 5) is 29.4. The Hall–Kier alpha value is -3.28. The summed E-state index contributed by atoms with van der Waals surface area (Å²) < 4.78 is 5.14. The van der Waals surface area contributed by atoms with E-state index in [2.05, 4.69) is 16.4 Å². The van der Waals surface area contributed by atoms with Gasteiger partial charge in [0.05, 0.1) is 22.7 Å². The first-order valence-electron chi connectivity index (χ1n) is 9.56. The van der Waals surface area contributed by atoms with Crippen molar-refractivity contribution in [2.75, 3.05) is 11.9 Å². The maximum absolute atomic E-state index is 12.4. The lowest BCUT2D eigenvalue weighted by atomic mass is 10.1. The van der Waals surface area contributed by atoms with Crippen molar-refractivity contribution in [3.8, 4) is 17.3 Å². The van der Waals surface area contributed by atoms with Crippen LogP contribution in [0.1, 0.15) is 50.0 Å². The lowest BCUT2D eigenvalue weighted by molar-refractivity contribution is 0.0527. The number of aromatic nitrogens is 1. The molecule has 8 heteroatoms. The number of benzene rings is 1. The summed E-state index contributed by atoms with van der Waals surface area (Å²) in [5, 5.41) is 15.6. The van der Waals surface area contributed by atoms with Crippen LogP contribution < -0.4 is 5.32 Å². The van der Waals surface area contributed by atoms with E-state index < -0.39 is 5.97 Å². The Bertz CT molecular complexity index is 1200. The zero-order valence-corrected chi connectivity index (χ0v) is 19.2. The molecule has 6 nitrogen and oxygen atoms in total. The zero-order valence-electron chi connectivity index (χ0n) is 17.6. The van der Waals surface area contributed by atoms with E-state index in [1.165, 1.54) is 35.8 Å². The van der Waals surface area contributed by atoms with Gasteiger partial charge >= 0.3 is 5.97 Å². The average molecular weight is 452 g/mol. The number of esters is 1. The molecule has 0 aliphatic carbocycles. The molecule has 3 aromatic rings. The molecule has 0 bridgehead atoms. The van der Waals surface area contributed by atoms with Crippen LogP contribution in [0.2, 0.25) is 0 Å². The molecule has 0 amide bonds. The second-order valence-electron chi connectivity index (χ2n) is 6.76. The molecule has 1 aromatic carbocycles. The number of aryl methyl sites for hydroxylation is 1. The quantitative estimate of drug-likeness (QED) is 0.275. The minimum atomic E-state index is -0.505. The molecular weight excluding hydrogens is 430 g/mol. The summed E-state index contributed by atoms with van der Waals surface area (Å²) in [5.74, 6) is -0.637. The van der Waals surface area contributed by atoms with Gasteiger partial charge in [-0.15, -0.1) is 22.7 Å². The summed E-state index contributed by atoms with van der Waals surface area (Å²) in [6.07, 6.45) is 1.51. The Labute approximate surface area is 188 Å². The number of hydrogen-bond acceptors (Lipinski definition) is 8. The molecule has 0 radical (unpaired) electrons.